The van der Waals surface area contributed by atoms with E-state index in [0.717, 1.165) is 48.8 Å². The molecule has 2 aromatic carbocycles. The maximum absolute atomic E-state index is 15.0. The zero-order chi connectivity index (χ0) is 43.9. The molecule has 61 heavy (non-hydrogen) atoms. The first-order valence-corrected chi connectivity index (χ1v) is 22.9. The molecule has 16 heteroatoms. The molecule has 5 atom stereocenters. The van der Waals surface area contributed by atoms with E-state index in [4.69, 9.17) is 19.7 Å². The third-order valence-corrected chi connectivity index (χ3v) is 14.2. The summed E-state index contributed by atoms with van der Waals surface area (Å²) in [5.41, 5.74) is 0.837. The fourth-order valence-electron chi connectivity index (χ4n) is 8.49. The van der Waals surface area contributed by atoms with Crippen LogP contribution in [0.4, 0.5) is 4.79 Å². The molecule has 7 rings (SSSR count). The Morgan fingerprint density at radius 2 is 1.69 bits per heavy atom. The minimum atomic E-state index is -3.92. The van der Waals surface area contributed by atoms with E-state index in [-0.39, 0.29) is 19.4 Å². The number of aryl methyl sites for hydroxylation is 1. The number of hydrogen-bond donors (Lipinski definition) is 3. The van der Waals surface area contributed by atoms with Gasteiger partial charge in [-0.15, -0.1) is 6.58 Å². The molecule has 2 saturated carbocycles. The van der Waals surface area contributed by atoms with Crippen molar-refractivity contribution in [1.29, 1.82) is 0 Å². The Kier molecular flexibility index (Phi) is 12.1. The number of cyclic esters (lactones) is 1. The third kappa shape index (κ3) is 9.63. The van der Waals surface area contributed by atoms with Crippen LogP contribution in [0.15, 0.2) is 61.2 Å². The van der Waals surface area contributed by atoms with E-state index in [9.17, 15) is 27.6 Å². The molecule has 1 aromatic heterocycles. The molecule has 3 aromatic rings. The van der Waals surface area contributed by atoms with Gasteiger partial charge in [0.15, 0.2) is 0 Å². The molecule has 4 amide bonds. The monoisotopic (exact) mass is 857 g/mol. The van der Waals surface area contributed by atoms with Crippen LogP contribution in [0.25, 0.3) is 22.5 Å². The molecule has 15 nitrogen and oxygen atoms in total. The lowest BCUT2D eigenvalue weighted by Gasteiger charge is -2.36. The molecule has 0 radical (unpaired) electrons. The fourth-order valence-corrected chi connectivity index (χ4v) is 9.85. The van der Waals surface area contributed by atoms with Crippen molar-refractivity contribution in [2.45, 2.75) is 133 Å². The van der Waals surface area contributed by atoms with Crippen molar-refractivity contribution >= 4 is 33.8 Å². The highest BCUT2D eigenvalue weighted by atomic mass is 32.2. The predicted molar refractivity (Wildman–Crippen MR) is 230 cm³/mol. The van der Waals surface area contributed by atoms with Gasteiger partial charge >= 0.3 is 6.09 Å². The summed E-state index contributed by atoms with van der Waals surface area (Å²) in [6.07, 6.45) is 7.16. The Morgan fingerprint density at radius 1 is 1.00 bits per heavy atom. The number of aromatic nitrogens is 3. The van der Waals surface area contributed by atoms with E-state index in [0.29, 0.717) is 36.4 Å². The molecule has 328 valence electrons. The van der Waals surface area contributed by atoms with Crippen molar-refractivity contribution in [3.05, 3.63) is 66.7 Å². The number of benzene rings is 2. The summed E-state index contributed by atoms with van der Waals surface area (Å²) in [5, 5.41) is 15.2. The van der Waals surface area contributed by atoms with Crippen LogP contribution in [-0.2, 0) is 35.6 Å². The third-order valence-electron chi connectivity index (χ3n) is 12.4. The number of nitrogens with zero attached hydrogens (tertiary/aromatic N) is 4. The van der Waals surface area contributed by atoms with Gasteiger partial charge in [0.25, 0.3) is 5.91 Å². The molecule has 0 unspecified atom stereocenters. The number of alkyl carbamates (subject to hydrolysis) is 1. The second kappa shape index (κ2) is 16.9. The summed E-state index contributed by atoms with van der Waals surface area (Å²) in [7, 11) is -2.32. The number of rotatable bonds is 8. The average molecular weight is 858 g/mol. The lowest BCUT2D eigenvalue weighted by atomic mass is 9.85. The van der Waals surface area contributed by atoms with E-state index in [1.807, 2.05) is 71.0 Å². The van der Waals surface area contributed by atoms with Gasteiger partial charge in [0.1, 0.15) is 40.4 Å². The number of carbonyl (C=O) groups is 4. The number of fused-ring (bicyclic) bond motifs is 8. The first-order valence-electron chi connectivity index (χ1n) is 21.4. The molecule has 2 aliphatic carbocycles. The smallest absolute Gasteiger partial charge is 0.408 e. The van der Waals surface area contributed by atoms with Gasteiger partial charge in [0.05, 0.1) is 18.4 Å². The van der Waals surface area contributed by atoms with Crippen molar-refractivity contribution < 1.29 is 37.1 Å². The van der Waals surface area contributed by atoms with Crippen molar-refractivity contribution in [3.8, 4) is 28.3 Å². The summed E-state index contributed by atoms with van der Waals surface area (Å²) < 4.78 is 39.3. The van der Waals surface area contributed by atoms with E-state index in [2.05, 4.69) is 34.1 Å². The van der Waals surface area contributed by atoms with Crippen LogP contribution >= 0.6 is 0 Å². The van der Waals surface area contributed by atoms with Gasteiger partial charge in [-0.25, -0.2) is 13.2 Å². The van der Waals surface area contributed by atoms with E-state index in [1.165, 1.54) is 11.0 Å². The van der Waals surface area contributed by atoms with E-state index >= 15 is 0 Å². The molecule has 1 saturated heterocycles. The normalized spacial score (nSPS) is 25.9. The Bertz CT molecular complexity index is 2280. The van der Waals surface area contributed by atoms with E-state index in [1.54, 1.807) is 11.9 Å². The standard InChI is InChI=1S/C45H59N7O8S/c1-8-31-26-45(31,41(55)50-61(57,58)34-21-22-34)47-39(53)35-25-32-27-51(35)40(54)38(43(2,3)4)46-42(56)60-44(5,6)23-12-10-9-11-14-28-15-13-16-30(24-28)37-36(48-52(32)49-37)29-17-19-33(59-7)20-18-29/h8,13,15-20,24,31-32,34-35,38H,1,9-12,14,21-23,25-27H2,2-7H3,(H,46,56)(H,47,53)(H,50,55)/t31-,32-,35+,38-,45-/m1/s1. The summed E-state index contributed by atoms with van der Waals surface area (Å²) in [6.45, 7) is 13.0. The fraction of sp³-hybridized carbons (Fsp3) is 0.556. The molecular formula is C45H59N7O8S. The van der Waals surface area contributed by atoms with Crippen molar-refractivity contribution in [2.24, 2.45) is 11.3 Å². The summed E-state index contributed by atoms with van der Waals surface area (Å²) in [6, 6.07) is 12.9. The van der Waals surface area contributed by atoms with Gasteiger partial charge in [-0.05, 0) is 100 Å². The van der Waals surface area contributed by atoms with Crippen LogP contribution in [0.5, 0.6) is 5.75 Å². The number of methoxy groups -OCH3 is 1. The number of carbonyl (C=O) groups excluding carboxylic acids is 4. The number of ether oxygens (including phenoxy) is 2. The average Bonchev–Trinajstić information content (AvgIpc) is 4.10. The second-order valence-corrected chi connectivity index (χ2v) is 20.7. The van der Waals surface area contributed by atoms with Gasteiger partial charge in [0, 0.05) is 30.0 Å². The highest BCUT2D eigenvalue weighted by molar-refractivity contribution is 7.91. The number of amides is 4. The predicted octanol–water partition coefficient (Wildman–Crippen LogP) is 5.86. The number of nitrogens with one attached hydrogen (secondary N) is 3. The SMILES string of the molecule is C=C[C@@H]1C[C@]1(NC(=O)[C@@H]1C[C@@H]2CN1C(=O)[C@H](C(C)(C)C)NC(=O)OC(C)(C)CCCCCCc1cccc(c1)-c1nn2nc1-c1ccc(OC)cc1)C(=O)NS(=O)(=O)C1CC1. The van der Waals surface area contributed by atoms with Gasteiger partial charge in [0.2, 0.25) is 21.8 Å². The lowest BCUT2D eigenvalue weighted by molar-refractivity contribution is -0.143. The highest BCUT2D eigenvalue weighted by Gasteiger charge is 2.62. The molecule has 0 spiro atoms. The van der Waals surface area contributed by atoms with Crippen molar-refractivity contribution in [3.63, 3.8) is 0 Å². The maximum atomic E-state index is 15.0. The van der Waals surface area contributed by atoms with E-state index < -0.39 is 79.7 Å². The van der Waals surface area contributed by atoms with Gasteiger partial charge in [-0.1, -0.05) is 57.9 Å². The summed E-state index contributed by atoms with van der Waals surface area (Å²) >= 11 is 0. The zero-order valence-electron chi connectivity index (χ0n) is 36.0. The Hall–Kier alpha value is -5.25. The van der Waals surface area contributed by atoms with Crippen LogP contribution in [0.3, 0.4) is 0 Å². The van der Waals surface area contributed by atoms with Crippen LogP contribution in [0, 0.1) is 11.3 Å². The highest BCUT2D eigenvalue weighted by Crippen LogP contribution is 2.46. The van der Waals surface area contributed by atoms with Crippen LogP contribution in [-0.4, -0.2) is 94.3 Å². The maximum Gasteiger partial charge on any atom is 0.408 e. The topological polar surface area (TPSA) is 191 Å². The summed E-state index contributed by atoms with van der Waals surface area (Å²) in [5.74, 6) is -1.88. The van der Waals surface area contributed by atoms with Gasteiger partial charge in [-0.3, -0.25) is 19.1 Å². The first-order chi connectivity index (χ1) is 28.8. The van der Waals surface area contributed by atoms with Crippen LogP contribution < -0.4 is 20.1 Å². The molecular weight excluding hydrogens is 799 g/mol. The van der Waals surface area contributed by atoms with Crippen molar-refractivity contribution in [2.75, 3.05) is 13.7 Å². The molecule has 4 aliphatic rings. The minimum Gasteiger partial charge on any atom is -0.497 e. The quantitative estimate of drug-likeness (QED) is 0.232. The zero-order valence-corrected chi connectivity index (χ0v) is 36.8. The van der Waals surface area contributed by atoms with Gasteiger partial charge in [-0.2, -0.15) is 15.0 Å². The number of hydrogen-bond acceptors (Lipinski definition) is 10. The molecule has 6 bridgehead atoms. The van der Waals surface area contributed by atoms with Crippen molar-refractivity contribution in [1.82, 2.24) is 35.2 Å². The molecule has 3 N–H and O–H groups in total. The minimum absolute atomic E-state index is 0.0118. The molecule has 3 heterocycles. The summed E-state index contributed by atoms with van der Waals surface area (Å²) in [4.78, 5) is 59.9. The van der Waals surface area contributed by atoms with Crippen LogP contribution in [0.2, 0.25) is 0 Å². The number of sulfonamides is 1. The Morgan fingerprint density at radius 3 is 2.33 bits per heavy atom. The lowest BCUT2D eigenvalue weighted by Crippen LogP contribution is -2.60. The van der Waals surface area contributed by atoms with Crippen LogP contribution in [0.1, 0.15) is 104 Å². The first kappa shape index (κ1) is 43.8. The van der Waals surface area contributed by atoms with Gasteiger partial charge < -0.3 is 25.0 Å². The largest absolute Gasteiger partial charge is 0.497 e. The second-order valence-electron chi connectivity index (χ2n) is 18.7. The Balaban J connectivity index is 1.29. The Labute approximate surface area is 358 Å². The molecule has 2 aliphatic heterocycles. The molecule has 3 fully saturated rings.